The number of nitrogens with one attached hydrogen (secondary N) is 4. The molecule has 5 heterocycles. The van der Waals surface area contributed by atoms with Gasteiger partial charge in [-0.25, -0.2) is 0 Å². The molecule has 1 atom stereocenters. The number of anilines is 11. The van der Waals surface area contributed by atoms with Crippen LogP contribution in [0.4, 0.5) is 85.2 Å². The maximum absolute atomic E-state index is 14.2. The number of ether oxygens (including phenoxy) is 4. The number of hydrogen-bond donors (Lipinski definition) is 8. The summed E-state index contributed by atoms with van der Waals surface area (Å²) in [7, 11) is -6.03. The lowest BCUT2D eigenvalue weighted by molar-refractivity contribution is -0.126. The molecule has 8 N–H and O–H groups in total. The second-order valence-electron chi connectivity index (χ2n) is 22.5. The molecule has 2 fully saturated rings. The summed E-state index contributed by atoms with van der Waals surface area (Å²) in [5, 5.41) is 51.6. The highest BCUT2D eigenvalue weighted by Crippen LogP contribution is 2.45. The van der Waals surface area contributed by atoms with E-state index in [0.717, 1.165) is 46.9 Å². The molecule has 0 radical (unpaired) electrons. The topological polar surface area (TPSA) is 433 Å². The zero-order chi connectivity index (χ0) is 73.4. The number of benzene rings is 4. The SMILES string of the molecule is CCN(CC)c1cc(Nc2nc(Nc3cc(N(CC)CC)c(OC)cc3/N=N/c3nc(N4CCOCC4)c(C(C(C)=O)C(=O)Nc4ccc(S(=O)(=O)O)cc4)s3)nc(N(CCO)CCO)n2)c(/N=N/c2nc(N3CCOCC3)c(/C=C(\C(C)=O)C(=O)Nc3ccc(S(=O)(=O)O)cc3)s2)cc1OC. The maximum Gasteiger partial charge on any atom is 0.294 e. The number of hydrogen-bond acceptors (Lipinski definition) is 32. The van der Waals surface area contributed by atoms with Gasteiger partial charge in [-0.1, -0.05) is 22.7 Å². The fourth-order valence-corrected chi connectivity index (χ4v) is 13.7. The van der Waals surface area contributed by atoms with Gasteiger partial charge >= 0.3 is 0 Å². The summed E-state index contributed by atoms with van der Waals surface area (Å²) in [6.45, 7) is 14.8. The molecule has 1 unspecified atom stereocenters. The van der Waals surface area contributed by atoms with Crippen molar-refractivity contribution >= 4 is 158 Å². The van der Waals surface area contributed by atoms with Crippen LogP contribution in [-0.2, 0) is 48.9 Å². The minimum atomic E-state index is -4.53. The van der Waals surface area contributed by atoms with Gasteiger partial charge in [-0.15, -0.1) is 20.5 Å². The van der Waals surface area contributed by atoms with Crippen molar-refractivity contribution in [3.8, 4) is 11.5 Å². The van der Waals surface area contributed by atoms with Gasteiger partial charge in [0.1, 0.15) is 46.2 Å². The number of methoxy groups -OCH3 is 2. The molecule has 102 heavy (non-hydrogen) atoms. The maximum atomic E-state index is 14.2. The van der Waals surface area contributed by atoms with Crippen molar-refractivity contribution in [2.24, 2.45) is 20.5 Å². The van der Waals surface area contributed by atoms with Crippen molar-refractivity contribution in [2.75, 3.05) is 165 Å². The normalized spacial score (nSPS) is 14.0. The Kier molecular flexibility index (Phi) is 26.0. The predicted molar refractivity (Wildman–Crippen MR) is 386 cm³/mol. The summed E-state index contributed by atoms with van der Waals surface area (Å²) >= 11 is 1.99. The van der Waals surface area contributed by atoms with E-state index in [1.807, 2.05) is 47.3 Å². The van der Waals surface area contributed by atoms with E-state index in [0.29, 0.717) is 124 Å². The lowest BCUT2D eigenvalue weighted by Crippen LogP contribution is -2.38. The Morgan fingerprint density at radius 1 is 0.608 bits per heavy atom. The van der Waals surface area contributed by atoms with Gasteiger partial charge in [-0.05, 0) is 108 Å². The molecule has 4 aromatic carbocycles. The number of aliphatic hydroxyl groups is 2. The summed E-state index contributed by atoms with van der Waals surface area (Å²) < 4.78 is 89.2. The van der Waals surface area contributed by atoms with E-state index < -0.39 is 59.3 Å². The highest BCUT2D eigenvalue weighted by Gasteiger charge is 2.35. The molecular formula is C64H78N18O16S4. The van der Waals surface area contributed by atoms with Crippen molar-refractivity contribution < 1.29 is 74.3 Å². The highest BCUT2D eigenvalue weighted by atomic mass is 32.2. The van der Waals surface area contributed by atoms with Crippen molar-refractivity contribution in [1.29, 1.82) is 0 Å². The largest absolute Gasteiger partial charge is 0.494 e. The van der Waals surface area contributed by atoms with Gasteiger partial charge in [-0.2, -0.15) is 41.8 Å². The average molecular weight is 1480 g/mol. The first-order chi connectivity index (χ1) is 48.9. The van der Waals surface area contributed by atoms with Crippen LogP contribution in [0, 0.1) is 0 Å². The van der Waals surface area contributed by atoms with Gasteiger partial charge in [0.25, 0.3) is 26.1 Å². The van der Waals surface area contributed by atoms with E-state index >= 15 is 0 Å². The fourth-order valence-electron chi connectivity index (χ4n) is 10.8. The van der Waals surface area contributed by atoms with Crippen LogP contribution in [0.2, 0.25) is 0 Å². The van der Waals surface area contributed by atoms with Crippen molar-refractivity contribution in [3.05, 3.63) is 88.1 Å². The molecule has 2 aliphatic rings. The van der Waals surface area contributed by atoms with E-state index in [4.69, 9.17) is 54.1 Å². The predicted octanol–water partition coefficient (Wildman–Crippen LogP) is 8.69. The van der Waals surface area contributed by atoms with E-state index in [1.165, 1.54) is 58.4 Å². The first-order valence-corrected chi connectivity index (χ1v) is 36.6. The van der Waals surface area contributed by atoms with Gasteiger partial charge in [0.15, 0.2) is 5.78 Å². The van der Waals surface area contributed by atoms with Crippen LogP contribution in [0.5, 0.6) is 11.5 Å². The summed E-state index contributed by atoms with van der Waals surface area (Å²) in [5.74, 6) is -2.73. The van der Waals surface area contributed by atoms with Crippen LogP contribution in [-0.4, -0.2) is 204 Å². The fraction of sp³-hybridized carbons (Fsp3) is 0.391. The van der Waals surface area contributed by atoms with Crippen LogP contribution in [0.1, 0.15) is 57.2 Å². The Bertz CT molecular complexity index is 4480. The quantitative estimate of drug-likeness (QED) is 0.00626. The average Bonchev–Trinajstić information content (AvgIpc) is 1.51. The van der Waals surface area contributed by atoms with E-state index in [-0.39, 0.29) is 93.3 Å². The number of rotatable bonds is 33. The van der Waals surface area contributed by atoms with Gasteiger partial charge < -0.3 is 74.9 Å². The Labute approximate surface area is 596 Å². The van der Waals surface area contributed by atoms with Gasteiger partial charge in [0.2, 0.25) is 34.0 Å². The molecule has 0 bridgehead atoms. The summed E-state index contributed by atoms with van der Waals surface area (Å²) in [6, 6.07) is 16.4. The Morgan fingerprint density at radius 3 is 1.47 bits per heavy atom. The Balaban J connectivity index is 1.13. The van der Waals surface area contributed by atoms with Crippen LogP contribution >= 0.6 is 22.7 Å². The number of carbonyl (C=O) groups excluding carboxylic acids is 4. The highest BCUT2D eigenvalue weighted by molar-refractivity contribution is 7.86. The second-order valence-corrected chi connectivity index (χ2v) is 27.3. The molecule has 38 heteroatoms. The third kappa shape index (κ3) is 19.0. The first kappa shape index (κ1) is 76.4. The minimum absolute atomic E-state index is 0.0113. The molecule has 2 aliphatic heterocycles. The number of nitrogens with zero attached hydrogens (tertiary/aromatic N) is 14. The van der Waals surface area contributed by atoms with Gasteiger partial charge in [-0.3, -0.25) is 28.3 Å². The third-order valence-electron chi connectivity index (χ3n) is 16.0. The lowest BCUT2D eigenvalue weighted by atomic mass is 10.0. The number of aliphatic hydroxyl groups excluding tert-OH is 2. The summed E-state index contributed by atoms with van der Waals surface area (Å²) in [5.41, 5.74) is 2.27. The standard InChI is InChI=1S/C64H78N18O16S4/c1-9-78(10-2)49-34-45(47(36-51(49)95-7)74-76-63-69-56(80-23-29-97-30-24-80)53(99-63)33-44(38(5)85)58(87)65-40-13-17-42(18-14-40)101(89,90)91)67-60-71-61(73-62(72-60)82(21-27-83)22-28-84)68-46-35-50(79(11-3)12-4)52(96-8)37-48(46)75-77-64-70-57(81-25-31-98-32-26-81)55(100-64)54(39(6)86)59(88)66-41-15-19-43(20-16-41)102(92,93)94/h13-20,33-37,54,83-84H,9-12,21-32H2,1-8H3,(H,65,87)(H,66,88)(H,89,90,91)(H,92,93,94)(H2,67,68,71,72,73)/b44-33+,76-74+,77-75+. The van der Waals surface area contributed by atoms with Gasteiger partial charge in [0, 0.05) is 89.0 Å². The van der Waals surface area contributed by atoms with Crippen molar-refractivity contribution in [3.63, 3.8) is 0 Å². The number of aromatic nitrogens is 5. The zero-order valence-corrected chi connectivity index (χ0v) is 60.2. The van der Waals surface area contributed by atoms with Crippen LogP contribution in [0.3, 0.4) is 0 Å². The van der Waals surface area contributed by atoms with Crippen LogP contribution in [0.15, 0.2) is 109 Å². The number of amides is 2. The van der Waals surface area contributed by atoms with E-state index in [2.05, 4.69) is 31.5 Å². The molecule has 34 nitrogen and oxygen atoms in total. The minimum Gasteiger partial charge on any atom is -0.494 e. The first-order valence-electron chi connectivity index (χ1n) is 32.1. The second kappa shape index (κ2) is 34.7. The molecule has 2 saturated heterocycles. The van der Waals surface area contributed by atoms with E-state index in [9.17, 15) is 55.3 Å². The smallest absolute Gasteiger partial charge is 0.294 e. The number of ketones is 2. The molecule has 544 valence electrons. The summed E-state index contributed by atoms with van der Waals surface area (Å²) in [4.78, 5) is 88.4. The molecule has 0 aliphatic carbocycles. The van der Waals surface area contributed by atoms with Crippen molar-refractivity contribution in [1.82, 2.24) is 24.9 Å². The Morgan fingerprint density at radius 2 is 1.05 bits per heavy atom. The van der Waals surface area contributed by atoms with Crippen molar-refractivity contribution in [2.45, 2.75) is 57.3 Å². The molecule has 0 spiro atoms. The lowest BCUT2D eigenvalue weighted by Gasteiger charge is -2.28. The number of Topliss-reactive ketones (excluding diaryl/α,β-unsaturated/α-hetero) is 2. The molecular weight excluding hydrogens is 1410 g/mol. The third-order valence-corrected chi connectivity index (χ3v) is 19.6. The number of azo groups is 2. The Hall–Kier alpha value is -9.77. The molecule has 3 aromatic heterocycles. The summed E-state index contributed by atoms with van der Waals surface area (Å²) in [6.07, 6.45) is 1.39. The molecule has 0 saturated carbocycles. The number of carbonyl (C=O) groups is 4. The number of morpholine rings is 2. The van der Waals surface area contributed by atoms with Crippen LogP contribution < -0.4 is 55.2 Å². The molecule has 7 aromatic rings. The van der Waals surface area contributed by atoms with E-state index in [1.54, 1.807) is 29.2 Å². The van der Waals surface area contributed by atoms with Crippen LogP contribution in [0.25, 0.3) is 6.08 Å². The van der Waals surface area contributed by atoms with Gasteiger partial charge in [0.05, 0.1) is 102 Å². The molecule has 9 rings (SSSR count). The zero-order valence-electron chi connectivity index (χ0n) is 57.0. The molecule has 2 amide bonds. The monoisotopic (exact) mass is 1480 g/mol. The number of thiazole rings is 2.